The van der Waals surface area contributed by atoms with Gasteiger partial charge in [-0.2, -0.15) is 0 Å². The molecular formula is C15H23ClN2. The zero-order chi connectivity index (χ0) is 13.1. The number of hydrogen-bond acceptors (Lipinski definition) is 2. The number of benzene rings is 1. The van der Waals surface area contributed by atoms with Gasteiger partial charge in [-0.05, 0) is 49.9 Å². The standard InChI is InChI=1S/C15H23ClN2/c1-11-7-8-18(10-13(11)9-17)12(2)14-5-3-4-6-15(14)16/h3-6,11-13H,7-10,17H2,1-2H3. The van der Waals surface area contributed by atoms with Crippen LogP contribution in [0.1, 0.15) is 31.9 Å². The highest BCUT2D eigenvalue weighted by Gasteiger charge is 2.28. The summed E-state index contributed by atoms with van der Waals surface area (Å²) in [6.45, 7) is 7.57. The Morgan fingerprint density at radius 1 is 1.44 bits per heavy atom. The fourth-order valence-corrected chi connectivity index (χ4v) is 3.14. The second-order valence-electron chi connectivity index (χ2n) is 5.45. The summed E-state index contributed by atoms with van der Waals surface area (Å²) in [4.78, 5) is 2.51. The molecule has 0 aromatic heterocycles. The zero-order valence-corrected chi connectivity index (χ0v) is 12.0. The van der Waals surface area contributed by atoms with Crippen molar-refractivity contribution in [2.75, 3.05) is 19.6 Å². The average Bonchev–Trinajstić information content (AvgIpc) is 2.39. The van der Waals surface area contributed by atoms with Crippen LogP contribution in [-0.2, 0) is 0 Å². The van der Waals surface area contributed by atoms with Gasteiger partial charge in [0.05, 0.1) is 0 Å². The topological polar surface area (TPSA) is 29.3 Å². The number of nitrogens with zero attached hydrogens (tertiary/aromatic N) is 1. The highest BCUT2D eigenvalue weighted by molar-refractivity contribution is 6.31. The summed E-state index contributed by atoms with van der Waals surface area (Å²) in [6, 6.07) is 8.52. The van der Waals surface area contributed by atoms with Gasteiger partial charge in [-0.3, -0.25) is 4.90 Å². The fourth-order valence-electron chi connectivity index (χ4n) is 2.85. The van der Waals surface area contributed by atoms with E-state index in [1.54, 1.807) is 0 Å². The van der Waals surface area contributed by atoms with Gasteiger partial charge in [0.1, 0.15) is 0 Å². The van der Waals surface area contributed by atoms with E-state index in [2.05, 4.69) is 30.9 Å². The molecule has 2 nitrogen and oxygen atoms in total. The Morgan fingerprint density at radius 2 is 2.17 bits per heavy atom. The van der Waals surface area contributed by atoms with Crippen LogP contribution in [0.3, 0.4) is 0 Å². The molecule has 0 bridgehead atoms. The van der Waals surface area contributed by atoms with E-state index in [0.717, 1.165) is 30.6 Å². The monoisotopic (exact) mass is 266 g/mol. The summed E-state index contributed by atoms with van der Waals surface area (Å²) in [5.41, 5.74) is 7.10. The molecule has 18 heavy (non-hydrogen) atoms. The molecule has 0 spiro atoms. The van der Waals surface area contributed by atoms with Crippen LogP contribution in [0.15, 0.2) is 24.3 Å². The molecule has 3 unspecified atom stereocenters. The highest BCUT2D eigenvalue weighted by atomic mass is 35.5. The largest absolute Gasteiger partial charge is 0.330 e. The Bertz CT molecular complexity index is 394. The van der Waals surface area contributed by atoms with Gasteiger partial charge in [0.2, 0.25) is 0 Å². The van der Waals surface area contributed by atoms with Crippen molar-refractivity contribution in [2.45, 2.75) is 26.3 Å². The number of piperidine rings is 1. The van der Waals surface area contributed by atoms with Crippen LogP contribution < -0.4 is 5.73 Å². The average molecular weight is 267 g/mol. The summed E-state index contributed by atoms with van der Waals surface area (Å²) < 4.78 is 0. The Balaban J connectivity index is 2.10. The van der Waals surface area contributed by atoms with E-state index in [0.29, 0.717) is 12.0 Å². The van der Waals surface area contributed by atoms with Gasteiger partial charge >= 0.3 is 0 Å². The van der Waals surface area contributed by atoms with Crippen molar-refractivity contribution in [3.8, 4) is 0 Å². The molecule has 0 aliphatic carbocycles. The lowest BCUT2D eigenvalue weighted by atomic mass is 9.86. The van der Waals surface area contributed by atoms with Crippen LogP contribution in [0.2, 0.25) is 5.02 Å². The number of halogens is 1. The van der Waals surface area contributed by atoms with Crippen LogP contribution in [0.5, 0.6) is 0 Å². The minimum absolute atomic E-state index is 0.375. The molecule has 1 fully saturated rings. The molecule has 2 rings (SSSR count). The molecule has 100 valence electrons. The molecule has 1 aliphatic rings. The predicted octanol–water partition coefficient (Wildman–Crippen LogP) is 3.32. The number of hydrogen-bond donors (Lipinski definition) is 1. The lowest BCUT2D eigenvalue weighted by molar-refractivity contribution is 0.0979. The van der Waals surface area contributed by atoms with Crippen LogP contribution >= 0.6 is 11.6 Å². The molecule has 3 atom stereocenters. The quantitative estimate of drug-likeness (QED) is 0.909. The van der Waals surface area contributed by atoms with Gasteiger partial charge in [0.25, 0.3) is 0 Å². The van der Waals surface area contributed by atoms with E-state index in [1.165, 1.54) is 12.0 Å². The Morgan fingerprint density at radius 3 is 2.83 bits per heavy atom. The Hall–Kier alpha value is -0.570. The van der Waals surface area contributed by atoms with E-state index in [1.807, 2.05) is 12.1 Å². The van der Waals surface area contributed by atoms with Crippen molar-refractivity contribution in [1.29, 1.82) is 0 Å². The summed E-state index contributed by atoms with van der Waals surface area (Å²) in [7, 11) is 0. The second kappa shape index (κ2) is 6.05. The number of likely N-dealkylation sites (tertiary alicyclic amines) is 1. The molecule has 2 N–H and O–H groups in total. The van der Waals surface area contributed by atoms with Gasteiger partial charge < -0.3 is 5.73 Å². The lowest BCUT2D eigenvalue weighted by Gasteiger charge is -2.40. The van der Waals surface area contributed by atoms with Crippen molar-refractivity contribution in [2.24, 2.45) is 17.6 Å². The first kappa shape index (κ1) is 13.9. The normalized spacial score (nSPS) is 27.1. The van der Waals surface area contributed by atoms with Gasteiger partial charge in [-0.15, -0.1) is 0 Å². The second-order valence-corrected chi connectivity index (χ2v) is 5.86. The first-order chi connectivity index (χ1) is 8.63. The van der Waals surface area contributed by atoms with Gasteiger partial charge in [0, 0.05) is 17.6 Å². The van der Waals surface area contributed by atoms with E-state index in [4.69, 9.17) is 17.3 Å². The Kier molecular flexibility index (Phi) is 4.66. The van der Waals surface area contributed by atoms with Crippen molar-refractivity contribution in [3.63, 3.8) is 0 Å². The molecule has 1 aliphatic heterocycles. The molecule has 1 aromatic rings. The fraction of sp³-hybridized carbons (Fsp3) is 0.600. The van der Waals surface area contributed by atoms with Crippen molar-refractivity contribution < 1.29 is 0 Å². The lowest BCUT2D eigenvalue weighted by Crippen LogP contribution is -2.43. The summed E-state index contributed by atoms with van der Waals surface area (Å²) in [5.74, 6) is 1.35. The van der Waals surface area contributed by atoms with Gasteiger partial charge in [0.15, 0.2) is 0 Å². The van der Waals surface area contributed by atoms with Crippen LogP contribution in [0.25, 0.3) is 0 Å². The molecule has 3 heteroatoms. The minimum atomic E-state index is 0.375. The van der Waals surface area contributed by atoms with E-state index in [9.17, 15) is 0 Å². The first-order valence-corrected chi connectivity index (χ1v) is 7.19. The van der Waals surface area contributed by atoms with Crippen molar-refractivity contribution in [3.05, 3.63) is 34.9 Å². The van der Waals surface area contributed by atoms with Crippen LogP contribution in [-0.4, -0.2) is 24.5 Å². The maximum absolute atomic E-state index is 6.29. The van der Waals surface area contributed by atoms with E-state index in [-0.39, 0.29) is 0 Å². The third kappa shape index (κ3) is 2.87. The van der Waals surface area contributed by atoms with Crippen LogP contribution in [0.4, 0.5) is 0 Å². The van der Waals surface area contributed by atoms with Crippen molar-refractivity contribution >= 4 is 11.6 Å². The van der Waals surface area contributed by atoms with E-state index >= 15 is 0 Å². The van der Waals surface area contributed by atoms with Gasteiger partial charge in [-0.25, -0.2) is 0 Å². The molecular weight excluding hydrogens is 244 g/mol. The molecule has 1 aromatic carbocycles. The van der Waals surface area contributed by atoms with Gasteiger partial charge in [-0.1, -0.05) is 36.7 Å². The molecule has 0 radical (unpaired) electrons. The SMILES string of the molecule is CC1CCN(C(C)c2ccccc2Cl)CC1CN. The third-order valence-electron chi connectivity index (χ3n) is 4.35. The highest BCUT2D eigenvalue weighted by Crippen LogP contribution is 2.32. The smallest absolute Gasteiger partial charge is 0.0453 e. The summed E-state index contributed by atoms with van der Waals surface area (Å²) in [5, 5.41) is 0.868. The number of nitrogens with two attached hydrogens (primary N) is 1. The van der Waals surface area contributed by atoms with Crippen LogP contribution in [0, 0.1) is 11.8 Å². The molecule has 1 heterocycles. The minimum Gasteiger partial charge on any atom is -0.330 e. The van der Waals surface area contributed by atoms with E-state index < -0.39 is 0 Å². The molecule has 0 amide bonds. The maximum atomic E-state index is 6.29. The number of rotatable bonds is 3. The Labute approximate surface area is 115 Å². The third-order valence-corrected chi connectivity index (χ3v) is 4.70. The molecule has 0 saturated carbocycles. The first-order valence-electron chi connectivity index (χ1n) is 6.82. The maximum Gasteiger partial charge on any atom is 0.0453 e. The predicted molar refractivity (Wildman–Crippen MR) is 77.8 cm³/mol. The molecule has 1 saturated heterocycles. The summed E-state index contributed by atoms with van der Waals surface area (Å²) >= 11 is 6.29. The summed E-state index contributed by atoms with van der Waals surface area (Å²) in [6.07, 6.45) is 1.23. The zero-order valence-electron chi connectivity index (χ0n) is 11.3. The van der Waals surface area contributed by atoms with Crippen molar-refractivity contribution in [1.82, 2.24) is 4.90 Å².